The number of fused-ring (bicyclic) bond motifs is 1. The van der Waals surface area contributed by atoms with Gasteiger partial charge in [0, 0.05) is 15.9 Å². The molecule has 0 saturated heterocycles. The van der Waals surface area contributed by atoms with Crippen LogP contribution in [0.3, 0.4) is 0 Å². The Kier molecular flexibility index (Phi) is 4.19. The van der Waals surface area contributed by atoms with Crippen LogP contribution in [0.2, 0.25) is 5.02 Å². The minimum atomic E-state index is -0.735. The molecular weight excluding hydrogens is 352 g/mol. The Morgan fingerprint density at radius 1 is 1.14 bits per heavy atom. The number of hydrogen-bond acceptors (Lipinski definition) is 3. The Morgan fingerprint density at radius 3 is 2.67 bits per heavy atom. The topological polar surface area (TPSA) is 46.0 Å². The van der Waals surface area contributed by atoms with Gasteiger partial charge in [0.05, 0.1) is 22.9 Å². The van der Waals surface area contributed by atoms with Crippen LogP contribution < -0.4 is 0 Å². The number of benzene rings is 2. The SMILES string of the molecule is OC(Cc1ccc(Br)cc1Cl)c1cnc2ccccc2n1. The summed E-state index contributed by atoms with van der Waals surface area (Å²) < 4.78 is 0.913. The van der Waals surface area contributed by atoms with Gasteiger partial charge in [-0.15, -0.1) is 0 Å². The summed E-state index contributed by atoms with van der Waals surface area (Å²) in [6.45, 7) is 0. The van der Waals surface area contributed by atoms with Crippen LogP contribution >= 0.6 is 27.5 Å². The van der Waals surface area contributed by atoms with Crippen LogP contribution in [0.25, 0.3) is 11.0 Å². The van der Waals surface area contributed by atoms with E-state index < -0.39 is 6.10 Å². The molecule has 0 bridgehead atoms. The van der Waals surface area contributed by atoms with Crippen molar-refractivity contribution in [2.45, 2.75) is 12.5 Å². The predicted molar refractivity (Wildman–Crippen MR) is 87.4 cm³/mol. The van der Waals surface area contributed by atoms with Crippen molar-refractivity contribution in [2.24, 2.45) is 0 Å². The zero-order chi connectivity index (χ0) is 14.8. The van der Waals surface area contributed by atoms with E-state index in [9.17, 15) is 5.11 Å². The highest BCUT2D eigenvalue weighted by molar-refractivity contribution is 9.10. The summed E-state index contributed by atoms with van der Waals surface area (Å²) in [7, 11) is 0. The molecule has 1 aromatic heterocycles. The van der Waals surface area contributed by atoms with Crippen molar-refractivity contribution in [2.75, 3.05) is 0 Å². The highest BCUT2D eigenvalue weighted by Crippen LogP contribution is 2.26. The van der Waals surface area contributed by atoms with Crippen LogP contribution in [-0.4, -0.2) is 15.1 Å². The van der Waals surface area contributed by atoms with Crippen molar-refractivity contribution in [1.29, 1.82) is 0 Å². The maximum absolute atomic E-state index is 10.4. The Hall–Kier alpha value is -1.49. The second-order valence-corrected chi connectivity index (χ2v) is 6.06. The minimum Gasteiger partial charge on any atom is -0.386 e. The molecule has 5 heteroatoms. The van der Waals surface area contributed by atoms with Crippen molar-refractivity contribution in [3.05, 3.63) is 69.4 Å². The van der Waals surface area contributed by atoms with E-state index in [4.69, 9.17) is 11.6 Å². The normalized spacial score (nSPS) is 12.5. The van der Waals surface area contributed by atoms with Crippen molar-refractivity contribution >= 4 is 38.6 Å². The molecule has 0 radical (unpaired) electrons. The van der Waals surface area contributed by atoms with E-state index >= 15 is 0 Å². The molecule has 1 atom stereocenters. The minimum absolute atomic E-state index is 0.402. The molecule has 0 aliphatic heterocycles. The average Bonchev–Trinajstić information content (AvgIpc) is 2.49. The quantitative estimate of drug-likeness (QED) is 0.753. The van der Waals surface area contributed by atoms with Gasteiger partial charge < -0.3 is 5.11 Å². The van der Waals surface area contributed by atoms with Gasteiger partial charge in [-0.1, -0.05) is 45.7 Å². The van der Waals surface area contributed by atoms with Crippen molar-refractivity contribution in [1.82, 2.24) is 9.97 Å². The van der Waals surface area contributed by atoms with Gasteiger partial charge in [-0.25, -0.2) is 4.98 Å². The molecule has 0 aliphatic rings. The smallest absolute Gasteiger partial charge is 0.102 e. The van der Waals surface area contributed by atoms with Gasteiger partial charge >= 0.3 is 0 Å². The molecule has 1 heterocycles. The third-order valence-electron chi connectivity index (χ3n) is 3.24. The van der Waals surface area contributed by atoms with Crippen molar-refractivity contribution < 1.29 is 5.11 Å². The number of aromatic nitrogens is 2. The monoisotopic (exact) mass is 362 g/mol. The van der Waals surface area contributed by atoms with E-state index in [0.29, 0.717) is 17.1 Å². The van der Waals surface area contributed by atoms with E-state index in [-0.39, 0.29) is 0 Å². The molecule has 3 rings (SSSR count). The molecular formula is C16H12BrClN2O. The van der Waals surface area contributed by atoms with Crippen LogP contribution in [0, 0.1) is 0 Å². The lowest BCUT2D eigenvalue weighted by atomic mass is 10.1. The third-order valence-corrected chi connectivity index (χ3v) is 4.08. The number of aliphatic hydroxyl groups is 1. The maximum Gasteiger partial charge on any atom is 0.102 e. The summed E-state index contributed by atoms with van der Waals surface area (Å²) in [5.74, 6) is 0. The molecule has 0 spiro atoms. The maximum atomic E-state index is 10.4. The molecule has 0 aliphatic carbocycles. The molecule has 1 unspecified atom stereocenters. The van der Waals surface area contributed by atoms with Gasteiger partial charge in [-0.2, -0.15) is 0 Å². The zero-order valence-electron chi connectivity index (χ0n) is 11.0. The highest BCUT2D eigenvalue weighted by atomic mass is 79.9. The fraction of sp³-hybridized carbons (Fsp3) is 0.125. The van der Waals surface area contributed by atoms with Crippen LogP contribution in [0.15, 0.2) is 53.1 Å². The summed E-state index contributed by atoms with van der Waals surface area (Å²) >= 11 is 9.54. The Bertz CT molecular complexity index is 794. The summed E-state index contributed by atoms with van der Waals surface area (Å²) in [4.78, 5) is 8.77. The predicted octanol–water partition coefficient (Wildman–Crippen LogP) is 4.32. The van der Waals surface area contributed by atoms with E-state index in [1.807, 2.05) is 42.5 Å². The second kappa shape index (κ2) is 6.10. The fourth-order valence-corrected chi connectivity index (χ4v) is 2.88. The lowest BCUT2D eigenvalue weighted by molar-refractivity contribution is 0.173. The van der Waals surface area contributed by atoms with Gasteiger partial charge in [0.15, 0.2) is 0 Å². The summed E-state index contributed by atoms with van der Waals surface area (Å²) in [5.41, 5.74) is 3.01. The number of para-hydroxylation sites is 2. The van der Waals surface area contributed by atoms with Crippen molar-refractivity contribution in [3.8, 4) is 0 Å². The molecule has 2 aromatic carbocycles. The lowest BCUT2D eigenvalue weighted by Crippen LogP contribution is -2.05. The summed E-state index contributed by atoms with van der Waals surface area (Å²) in [5, 5.41) is 11.0. The van der Waals surface area contributed by atoms with E-state index in [2.05, 4.69) is 25.9 Å². The van der Waals surface area contributed by atoms with E-state index in [0.717, 1.165) is 21.1 Å². The molecule has 0 saturated carbocycles. The first-order valence-corrected chi connectivity index (χ1v) is 7.64. The van der Waals surface area contributed by atoms with Gasteiger partial charge in [0.1, 0.15) is 6.10 Å². The molecule has 1 N–H and O–H groups in total. The Labute approximate surface area is 135 Å². The van der Waals surface area contributed by atoms with Gasteiger partial charge in [-0.3, -0.25) is 4.98 Å². The first-order valence-electron chi connectivity index (χ1n) is 6.47. The second-order valence-electron chi connectivity index (χ2n) is 4.74. The zero-order valence-corrected chi connectivity index (χ0v) is 13.3. The Morgan fingerprint density at radius 2 is 1.90 bits per heavy atom. The summed E-state index contributed by atoms with van der Waals surface area (Å²) in [6.07, 6.45) is 1.28. The molecule has 3 aromatic rings. The van der Waals surface area contributed by atoms with Crippen LogP contribution in [0.5, 0.6) is 0 Å². The average molecular weight is 364 g/mol. The van der Waals surface area contributed by atoms with E-state index in [1.54, 1.807) is 6.20 Å². The number of hydrogen-bond donors (Lipinski definition) is 1. The van der Waals surface area contributed by atoms with Gasteiger partial charge in [-0.05, 0) is 29.8 Å². The molecule has 106 valence electrons. The third kappa shape index (κ3) is 3.23. The number of halogens is 2. The molecule has 21 heavy (non-hydrogen) atoms. The van der Waals surface area contributed by atoms with Crippen LogP contribution in [0.4, 0.5) is 0 Å². The first-order chi connectivity index (χ1) is 10.1. The standard InChI is InChI=1S/C16H12BrClN2O/c17-11-6-5-10(12(18)8-11)7-16(21)15-9-19-13-3-1-2-4-14(13)20-15/h1-6,8-9,16,21H,7H2. The van der Waals surface area contributed by atoms with Gasteiger partial charge in [0.2, 0.25) is 0 Å². The highest BCUT2D eigenvalue weighted by Gasteiger charge is 2.13. The van der Waals surface area contributed by atoms with Crippen molar-refractivity contribution in [3.63, 3.8) is 0 Å². The summed E-state index contributed by atoms with van der Waals surface area (Å²) in [6, 6.07) is 13.2. The molecule has 0 fully saturated rings. The van der Waals surface area contributed by atoms with Crippen LogP contribution in [0.1, 0.15) is 17.4 Å². The molecule has 3 nitrogen and oxygen atoms in total. The van der Waals surface area contributed by atoms with Gasteiger partial charge in [0.25, 0.3) is 0 Å². The lowest BCUT2D eigenvalue weighted by Gasteiger charge is -2.12. The Balaban J connectivity index is 1.87. The van der Waals surface area contributed by atoms with E-state index in [1.165, 1.54) is 0 Å². The first kappa shape index (κ1) is 14.4. The fourth-order valence-electron chi connectivity index (χ4n) is 2.13. The molecule has 0 amide bonds. The number of rotatable bonds is 3. The number of nitrogens with zero attached hydrogens (tertiary/aromatic N) is 2. The number of aliphatic hydroxyl groups excluding tert-OH is 1. The largest absolute Gasteiger partial charge is 0.386 e. The van der Waals surface area contributed by atoms with Crippen LogP contribution in [-0.2, 0) is 6.42 Å².